The van der Waals surface area contributed by atoms with Crippen molar-refractivity contribution in [3.63, 3.8) is 0 Å². The second-order valence-electron chi connectivity index (χ2n) is 5.58. The first kappa shape index (κ1) is 21.9. The molecule has 0 fully saturated rings. The van der Waals surface area contributed by atoms with Crippen molar-refractivity contribution in [2.24, 2.45) is 5.73 Å². The summed E-state index contributed by atoms with van der Waals surface area (Å²) in [6, 6.07) is 2.49. The largest absolute Gasteiger partial charge is 0.324 e. The van der Waals surface area contributed by atoms with Crippen LogP contribution in [-0.2, 0) is 14.8 Å². The Morgan fingerprint density at radius 3 is 2.35 bits per heavy atom. The molecular weight excluding hydrogens is 338 g/mol. The highest BCUT2D eigenvalue weighted by molar-refractivity contribution is 7.89. The summed E-state index contributed by atoms with van der Waals surface area (Å²) < 4.78 is 25.7. The minimum Gasteiger partial charge on any atom is -0.324 e. The van der Waals surface area contributed by atoms with Crippen LogP contribution < -0.4 is 11.1 Å². The molecule has 1 atom stereocenters. The molecule has 8 heteroatoms. The van der Waals surface area contributed by atoms with Gasteiger partial charge in [0.25, 0.3) is 0 Å². The molecule has 1 aromatic rings. The Morgan fingerprint density at radius 2 is 1.87 bits per heavy atom. The summed E-state index contributed by atoms with van der Waals surface area (Å²) in [5, 5.41) is 2.74. The third kappa shape index (κ3) is 5.17. The maximum Gasteiger partial charge on any atom is 0.242 e. The average molecular weight is 364 g/mol. The van der Waals surface area contributed by atoms with E-state index in [2.05, 4.69) is 5.32 Å². The SMILES string of the molecule is CCCC(N)C(=O)Nc1cc(S(=O)(=O)N(C)C)cc(C)c1C.Cl. The lowest BCUT2D eigenvalue weighted by Crippen LogP contribution is -2.35. The lowest BCUT2D eigenvalue weighted by Gasteiger charge is -2.17. The summed E-state index contributed by atoms with van der Waals surface area (Å²) >= 11 is 0. The monoisotopic (exact) mass is 363 g/mol. The molecule has 0 aliphatic heterocycles. The van der Waals surface area contributed by atoms with Gasteiger partial charge >= 0.3 is 0 Å². The molecule has 0 spiro atoms. The van der Waals surface area contributed by atoms with Gasteiger partial charge in [0.05, 0.1) is 10.9 Å². The number of nitrogens with zero attached hydrogens (tertiary/aromatic N) is 1. The van der Waals surface area contributed by atoms with E-state index >= 15 is 0 Å². The van der Waals surface area contributed by atoms with Gasteiger partial charge in [-0.1, -0.05) is 13.3 Å². The van der Waals surface area contributed by atoms with E-state index in [1.165, 1.54) is 20.2 Å². The normalized spacial score (nSPS) is 12.7. The maximum absolute atomic E-state index is 12.3. The summed E-state index contributed by atoms with van der Waals surface area (Å²) in [6.45, 7) is 5.60. The predicted octanol–water partition coefficient (Wildman–Crippen LogP) is 2.04. The number of hydrogen-bond donors (Lipinski definition) is 2. The zero-order chi connectivity index (χ0) is 17.1. The molecule has 0 aromatic heterocycles. The number of nitrogens with one attached hydrogen (secondary N) is 1. The van der Waals surface area contributed by atoms with Gasteiger partial charge < -0.3 is 11.1 Å². The zero-order valence-corrected chi connectivity index (χ0v) is 15.8. The number of amides is 1. The second kappa shape index (κ2) is 8.63. The van der Waals surface area contributed by atoms with Crippen LogP contribution in [0.2, 0.25) is 0 Å². The highest BCUT2D eigenvalue weighted by Crippen LogP contribution is 2.25. The molecule has 0 radical (unpaired) electrons. The Kier molecular flexibility index (Phi) is 8.20. The average Bonchev–Trinajstić information content (AvgIpc) is 2.43. The lowest BCUT2D eigenvalue weighted by molar-refractivity contribution is -0.117. The minimum absolute atomic E-state index is 0. The van der Waals surface area contributed by atoms with E-state index in [0.29, 0.717) is 12.1 Å². The van der Waals surface area contributed by atoms with E-state index in [0.717, 1.165) is 21.9 Å². The van der Waals surface area contributed by atoms with Crippen LogP contribution >= 0.6 is 12.4 Å². The van der Waals surface area contributed by atoms with Crippen LogP contribution in [0.3, 0.4) is 0 Å². The van der Waals surface area contributed by atoms with Gasteiger partial charge in [-0.05, 0) is 43.5 Å². The molecule has 6 nitrogen and oxygen atoms in total. The van der Waals surface area contributed by atoms with Crippen LogP contribution in [0.15, 0.2) is 17.0 Å². The van der Waals surface area contributed by atoms with Crippen molar-refractivity contribution in [2.45, 2.75) is 44.6 Å². The summed E-state index contributed by atoms with van der Waals surface area (Å²) in [6.07, 6.45) is 1.39. The fraction of sp³-hybridized carbons (Fsp3) is 0.533. The van der Waals surface area contributed by atoms with Crippen LogP contribution in [0.4, 0.5) is 5.69 Å². The summed E-state index contributed by atoms with van der Waals surface area (Å²) in [4.78, 5) is 12.2. The van der Waals surface area contributed by atoms with Crippen molar-refractivity contribution >= 4 is 34.0 Å². The van der Waals surface area contributed by atoms with Crippen LogP contribution in [0.1, 0.15) is 30.9 Å². The van der Waals surface area contributed by atoms with Gasteiger partial charge in [-0.2, -0.15) is 0 Å². The Bertz CT molecular complexity index is 660. The van der Waals surface area contributed by atoms with Crippen molar-refractivity contribution in [1.82, 2.24) is 4.31 Å². The zero-order valence-electron chi connectivity index (χ0n) is 14.2. The number of carbonyl (C=O) groups is 1. The fourth-order valence-electron chi connectivity index (χ4n) is 1.98. The molecule has 1 amide bonds. The highest BCUT2D eigenvalue weighted by Gasteiger charge is 2.21. The number of carbonyl (C=O) groups excluding carboxylic acids is 1. The van der Waals surface area contributed by atoms with Gasteiger partial charge in [-0.25, -0.2) is 12.7 Å². The topological polar surface area (TPSA) is 92.5 Å². The van der Waals surface area contributed by atoms with Crippen molar-refractivity contribution in [1.29, 1.82) is 0 Å². The Morgan fingerprint density at radius 1 is 1.30 bits per heavy atom. The maximum atomic E-state index is 12.3. The standard InChI is InChI=1S/C15H25N3O3S.ClH/c1-6-7-13(16)15(19)17-14-9-12(8-10(2)11(14)3)22(20,21)18(4)5;/h8-9,13H,6-7,16H2,1-5H3,(H,17,19);1H. The van der Waals surface area contributed by atoms with Crippen molar-refractivity contribution in [3.05, 3.63) is 23.3 Å². The number of halogens is 1. The number of nitrogens with two attached hydrogens (primary N) is 1. The smallest absolute Gasteiger partial charge is 0.242 e. The lowest BCUT2D eigenvalue weighted by atomic mass is 10.1. The van der Waals surface area contributed by atoms with E-state index in [4.69, 9.17) is 5.73 Å². The fourth-order valence-corrected chi connectivity index (χ4v) is 3.00. The van der Waals surface area contributed by atoms with Crippen LogP contribution in [0.25, 0.3) is 0 Å². The molecule has 23 heavy (non-hydrogen) atoms. The molecule has 3 N–H and O–H groups in total. The Balaban J connectivity index is 0.00000484. The third-order valence-corrected chi connectivity index (χ3v) is 5.41. The quantitative estimate of drug-likeness (QED) is 0.808. The number of hydrogen-bond acceptors (Lipinski definition) is 4. The first-order chi connectivity index (χ1) is 10.1. The Labute approximate surface area is 144 Å². The van der Waals surface area contributed by atoms with Gasteiger partial charge in [-0.3, -0.25) is 4.79 Å². The van der Waals surface area contributed by atoms with Crippen LogP contribution in [0, 0.1) is 13.8 Å². The minimum atomic E-state index is -3.55. The molecule has 0 heterocycles. The molecule has 0 bridgehead atoms. The summed E-state index contributed by atoms with van der Waals surface area (Å²) in [5.41, 5.74) is 7.90. The molecule has 0 saturated heterocycles. The first-order valence-corrected chi connectivity index (χ1v) is 8.65. The van der Waals surface area contributed by atoms with Gasteiger partial charge in [0.15, 0.2) is 0 Å². The molecule has 132 valence electrons. The van der Waals surface area contributed by atoms with Gasteiger partial charge in [0.1, 0.15) is 0 Å². The number of aryl methyl sites for hydroxylation is 1. The van der Waals surface area contributed by atoms with Crippen LogP contribution in [0.5, 0.6) is 0 Å². The van der Waals surface area contributed by atoms with E-state index in [1.54, 1.807) is 6.07 Å². The van der Waals surface area contributed by atoms with Crippen molar-refractivity contribution < 1.29 is 13.2 Å². The molecule has 0 aliphatic carbocycles. The molecule has 0 saturated carbocycles. The Hall–Kier alpha value is -1.15. The van der Waals surface area contributed by atoms with E-state index in [9.17, 15) is 13.2 Å². The number of sulfonamides is 1. The highest BCUT2D eigenvalue weighted by atomic mass is 35.5. The van der Waals surface area contributed by atoms with Crippen LogP contribution in [-0.4, -0.2) is 38.8 Å². The number of benzene rings is 1. The van der Waals surface area contributed by atoms with Crippen molar-refractivity contribution in [3.8, 4) is 0 Å². The molecule has 1 rings (SSSR count). The number of anilines is 1. The van der Waals surface area contributed by atoms with E-state index in [-0.39, 0.29) is 23.2 Å². The molecule has 1 unspecified atom stereocenters. The summed E-state index contributed by atoms with van der Waals surface area (Å²) in [5.74, 6) is -0.302. The predicted molar refractivity (Wildman–Crippen MR) is 95.5 cm³/mol. The van der Waals surface area contributed by atoms with Crippen molar-refractivity contribution in [2.75, 3.05) is 19.4 Å². The molecule has 1 aromatic carbocycles. The van der Waals surface area contributed by atoms with E-state index in [1.807, 2.05) is 20.8 Å². The molecule has 0 aliphatic rings. The second-order valence-corrected chi connectivity index (χ2v) is 7.74. The van der Waals surface area contributed by atoms with E-state index < -0.39 is 16.1 Å². The third-order valence-electron chi connectivity index (χ3n) is 3.61. The van der Waals surface area contributed by atoms with Gasteiger partial charge in [0, 0.05) is 19.8 Å². The van der Waals surface area contributed by atoms with Gasteiger partial charge in [-0.15, -0.1) is 12.4 Å². The van der Waals surface area contributed by atoms with Gasteiger partial charge in [0.2, 0.25) is 15.9 Å². The number of rotatable bonds is 6. The molecular formula is C15H26ClN3O3S. The first-order valence-electron chi connectivity index (χ1n) is 7.21. The summed E-state index contributed by atoms with van der Waals surface area (Å²) in [7, 11) is -0.610.